The first kappa shape index (κ1) is 22.6. The molecule has 0 spiro atoms. The lowest BCUT2D eigenvalue weighted by molar-refractivity contribution is -0.121. The van der Waals surface area contributed by atoms with Crippen molar-refractivity contribution in [1.29, 1.82) is 0 Å². The van der Waals surface area contributed by atoms with Gasteiger partial charge in [-0.15, -0.1) is 0 Å². The second-order valence-corrected chi connectivity index (χ2v) is 8.57. The minimum Gasteiger partial charge on any atom is -0.497 e. The molecule has 2 aromatic carbocycles. The van der Waals surface area contributed by atoms with Crippen molar-refractivity contribution < 1.29 is 14.3 Å². The molecule has 0 aromatic heterocycles. The van der Waals surface area contributed by atoms with Gasteiger partial charge >= 0.3 is 0 Å². The van der Waals surface area contributed by atoms with Crippen LogP contribution in [0.2, 0.25) is 5.02 Å². The Morgan fingerprint density at radius 2 is 1.78 bits per heavy atom. The minimum absolute atomic E-state index is 0.171. The number of amides is 2. The van der Waals surface area contributed by atoms with Gasteiger partial charge in [0.05, 0.1) is 25.3 Å². The van der Waals surface area contributed by atoms with E-state index < -0.39 is 6.04 Å². The van der Waals surface area contributed by atoms with Gasteiger partial charge in [0.25, 0.3) is 5.91 Å². The summed E-state index contributed by atoms with van der Waals surface area (Å²) in [6.45, 7) is 5.61. The highest BCUT2D eigenvalue weighted by Crippen LogP contribution is 2.25. The van der Waals surface area contributed by atoms with Gasteiger partial charge < -0.3 is 15.0 Å². The first-order chi connectivity index (χ1) is 15.5. The third-order valence-corrected chi connectivity index (χ3v) is 6.30. The van der Waals surface area contributed by atoms with Crippen LogP contribution in [0.15, 0.2) is 48.5 Å². The maximum absolute atomic E-state index is 12.7. The van der Waals surface area contributed by atoms with Crippen LogP contribution < -0.4 is 19.9 Å². The summed E-state index contributed by atoms with van der Waals surface area (Å²) in [6, 6.07) is 14.5. The van der Waals surface area contributed by atoms with E-state index in [0.29, 0.717) is 18.0 Å². The summed E-state index contributed by atoms with van der Waals surface area (Å²) in [5, 5.41) is 4.04. The Labute approximate surface area is 193 Å². The van der Waals surface area contributed by atoms with Crippen LogP contribution in [0.4, 0.5) is 11.4 Å². The van der Waals surface area contributed by atoms with E-state index in [2.05, 4.69) is 21.2 Å². The molecule has 4 rings (SSSR count). The quantitative estimate of drug-likeness (QED) is 0.486. The van der Waals surface area contributed by atoms with E-state index in [9.17, 15) is 9.59 Å². The van der Waals surface area contributed by atoms with E-state index in [4.69, 9.17) is 16.3 Å². The third-order valence-electron chi connectivity index (χ3n) is 6.06. The van der Waals surface area contributed by atoms with Crippen molar-refractivity contribution in [2.75, 3.05) is 56.2 Å². The molecule has 2 fully saturated rings. The second kappa shape index (κ2) is 10.3. The molecule has 0 bridgehead atoms. The van der Waals surface area contributed by atoms with Crippen molar-refractivity contribution in [3.8, 4) is 5.75 Å². The Balaban J connectivity index is 1.19. The van der Waals surface area contributed by atoms with E-state index in [1.165, 1.54) is 10.6 Å². The summed E-state index contributed by atoms with van der Waals surface area (Å²) in [5.74, 6) is 0.334. The molecule has 8 heteroatoms. The lowest BCUT2D eigenvalue weighted by atomic mass is 10.2. The lowest BCUT2D eigenvalue weighted by Crippen LogP contribution is -2.47. The predicted octanol–water partition coefficient (Wildman–Crippen LogP) is 2.78. The van der Waals surface area contributed by atoms with Crippen LogP contribution in [0.1, 0.15) is 12.8 Å². The number of imide groups is 1. The van der Waals surface area contributed by atoms with Gasteiger partial charge in [-0.25, -0.2) is 4.90 Å². The van der Waals surface area contributed by atoms with Gasteiger partial charge in [0.2, 0.25) is 5.91 Å². The molecule has 2 heterocycles. The smallest absolute Gasteiger partial charge is 0.251 e. The Morgan fingerprint density at radius 3 is 2.47 bits per heavy atom. The molecule has 0 aliphatic carbocycles. The maximum atomic E-state index is 12.7. The molecule has 0 radical (unpaired) electrons. The number of methoxy groups -OCH3 is 1. The molecular formula is C24H29ClN4O3. The zero-order valence-electron chi connectivity index (χ0n) is 18.3. The largest absolute Gasteiger partial charge is 0.497 e. The fourth-order valence-corrected chi connectivity index (χ4v) is 4.46. The van der Waals surface area contributed by atoms with Gasteiger partial charge in [0.15, 0.2) is 0 Å². The maximum Gasteiger partial charge on any atom is 0.251 e. The fraction of sp³-hybridized carbons (Fsp3) is 0.417. The standard InChI is InChI=1S/C24H29ClN4O3/c1-32-21-8-6-19(7-9-21)29-23(30)17-22(24(29)31)26-10-3-11-27-12-14-28(15-13-27)20-5-2-4-18(25)16-20/h2,4-9,16,22,26H,3,10-15,17H2,1H3. The highest BCUT2D eigenvalue weighted by Gasteiger charge is 2.39. The van der Waals surface area contributed by atoms with E-state index in [-0.39, 0.29) is 18.2 Å². The number of nitrogens with zero attached hydrogens (tertiary/aromatic N) is 3. The molecule has 1 atom stereocenters. The number of nitrogens with one attached hydrogen (secondary N) is 1. The number of rotatable bonds is 8. The summed E-state index contributed by atoms with van der Waals surface area (Å²) in [7, 11) is 1.58. The van der Waals surface area contributed by atoms with Crippen LogP contribution in [-0.2, 0) is 9.59 Å². The summed E-state index contributed by atoms with van der Waals surface area (Å²) in [4.78, 5) is 31.2. The average molecular weight is 457 g/mol. The average Bonchev–Trinajstić information content (AvgIpc) is 3.10. The van der Waals surface area contributed by atoms with Crippen LogP contribution in [-0.4, -0.2) is 69.1 Å². The normalized spacial score (nSPS) is 19.6. The van der Waals surface area contributed by atoms with E-state index in [0.717, 1.165) is 44.2 Å². The summed E-state index contributed by atoms with van der Waals surface area (Å²) >= 11 is 6.11. The number of halogens is 1. The number of hydrogen-bond donors (Lipinski definition) is 1. The summed E-state index contributed by atoms with van der Waals surface area (Å²) in [6.07, 6.45) is 1.13. The third kappa shape index (κ3) is 5.23. The molecule has 32 heavy (non-hydrogen) atoms. The zero-order chi connectivity index (χ0) is 22.5. The molecule has 170 valence electrons. The number of piperazine rings is 1. The van der Waals surface area contributed by atoms with Crippen LogP contribution in [0, 0.1) is 0 Å². The number of ether oxygens (including phenoxy) is 1. The van der Waals surface area contributed by atoms with Crippen LogP contribution in [0.5, 0.6) is 5.75 Å². The first-order valence-corrected chi connectivity index (χ1v) is 11.4. The Morgan fingerprint density at radius 1 is 1.03 bits per heavy atom. The fourth-order valence-electron chi connectivity index (χ4n) is 4.28. The Kier molecular flexibility index (Phi) is 7.29. The number of carbonyl (C=O) groups is 2. The topological polar surface area (TPSA) is 65.1 Å². The second-order valence-electron chi connectivity index (χ2n) is 8.14. The molecule has 2 saturated heterocycles. The number of hydrogen-bond acceptors (Lipinski definition) is 6. The van der Waals surface area contributed by atoms with Crippen molar-refractivity contribution in [3.63, 3.8) is 0 Å². The van der Waals surface area contributed by atoms with Crippen molar-refractivity contribution in [1.82, 2.24) is 10.2 Å². The van der Waals surface area contributed by atoms with Gasteiger partial charge in [-0.05, 0) is 62.0 Å². The number of benzene rings is 2. The first-order valence-electron chi connectivity index (χ1n) is 11.0. The van der Waals surface area contributed by atoms with Gasteiger partial charge in [-0.2, -0.15) is 0 Å². The van der Waals surface area contributed by atoms with E-state index in [1.54, 1.807) is 31.4 Å². The summed E-state index contributed by atoms with van der Waals surface area (Å²) in [5.41, 5.74) is 1.76. The minimum atomic E-state index is -0.454. The van der Waals surface area contributed by atoms with Crippen molar-refractivity contribution in [2.45, 2.75) is 18.9 Å². The van der Waals surface area contributed by atoms with E-state index >= 15 is 0 Å². The van der Waals surface area contributed by atoms with Gasteiger partial charge in [-0.1, -0.05) is 17.7 Å². The highest BCUT2D eigenvalue weighted by atomic mass is 35.5. The predicted molar refractivity (Wildman–Crippen MR) is 127 cm³/mol. The molecule has 7 nitrogen and oxygen atoms in total. The summed E-state index contributed by atoms with van der Waals surface area (Å²) < 4.78 is 5.14. The van der Waals surface area contributed by atoms with Gasteiger partial charge in [0.1, 0.15) is 5.75 Å². The molecule has 0 saturated carbocycles. The Hall–Kier alpha value is -2.61. The van der Waals surface area contributed by atoms with Crippen molar-refractivity contribution in [2.24, 2.45) is 0 Å². The number of anilines is 2. The number of carbonyl (C=O) groups excluding carboxylic acids is 2. The molecule has 2 aromatic rings. The van der Waals surface area contributed by atoms with Crippen molar-refractivity contribution in [3.05, 3.63) is 53.6 Å². The van der Waals surface area contributed by atoms with E-state index in [1.807, 2.05) is 18.2 Å². The molecule has 1 unspecified atom stereocenters. The zero-order valence-corrected chi connectivity index (χ0v) is 19.1. The van der Waals surface area contributed by atoms with Crippen LogP contribution in [0.3, 0.4) is 0 Å². The SMILES string of the molecule is COc1ccc(N2C(=O)CC(NCCCN3CCN(c4cccc(Cl)c4)CC3)C2=O)cc1. The molecule has 1 N–H and O–H groups in total. The van der Waals surface area contributed by atoms with Crippen LogP contribution in [0.25, 0.3) is 0 Å². The highest BCUT2D eigenvalue weighted by molar-refractivity contribution is 6.30. The van der Waals surface area contributed by atoms with Gasteiger partial charge in [0, 0.05) is 36.9 Å². The lowest BCUT2D eigenvalue weighted by Gasteiger charge is -2.36. The molecule has 2 amide bonds. The van der Waals surface area contributed by atoms with Gasteiger partial charge in [-0.3, -0.25) is 14.5 Å². The molecule has 2 aliphatic rings. The van der Waals surface area contributed by atoms with Crippen molar-refractivity contribution >= 4 is 34.8 Å². The Bertz CT molecular complexity index is 945. The van der Waals surface area contributed by atoms with Crippen LogP contribution >= 0.6 is 11.6 Å². The molecule has 2 aliphatic heterocycles. The monoisotopic (exact) mass is 456 g/mol. The molecular weight excluding hydrogens is 428 g/mol.